The lowest BCUT2D eigenvalue weighted by Gasteiger charge is -2.30. The lowest BCUT2D eigenvalue weighted by atomic mass is 10.0. The van der Waals surface area contributed by atoms with E-state index in [0.717, 1.165) is 54.6 Å². The highest BCUT2D eigenvalue weighted by atomic mass is 32.2. The second kappa shape index (κ2) is 21.3. The third-order valence-electron chi connectivity index (χ3n) is 9.87. The van der Waals surface area contributed by atoms with Crippen molar-refractivity contribution in [3.05, 3.63) is 120 Å². The van der Waals surface area contributed by atoms with E-state index < -0.39 is 44.3 Å². The highest BCUT2D eigenvalue weighted by Gasteiger charge is 2.39. The summed E-state index contributed by atoms with van der Waals surface area (Å²) in [6, 6.07) is 24.8. The number of methoxy groups -OCH3 is 2. The van der Waals surface area contributed by atoms with Crippen LogP contribution in [-0.4, -0.2) is 104 Å². The molecule has 1 aliphatic heterocycles. The fraction of sp³-hybridized carbons (Fsp3) is 0.279. The van der Waals surface area contributed by atoms with Crippen molar-refractivity contribution >= 4 is 60.1 Å². The van der Waals surface area contributed by atoms with Crippen molar-refractivity contribution in [2.45, 2.75) is 61.4 Å². The number of ether oxygens (including phenoxy) is 2. The average Bonchev–Trinajstić information content (AvgIpc) is 3.91. The minimum absolute atomic E-state index is 0.0917. The van der Waals surface area contributed by atoms with E-state index in [1.165, 1.54) is 28.4 Å². The monoisotopic (exact) mass is 970 g/mol. The number of likely N-dealkylation sites (tertiary alicyclic amines) is 1. The number of halogens is 6. The first kappa shape index (κ1) is 52.2. The fourth-order valence-corrected chi connectivity index (χ4v) is 9.75. The molecule has 0 unspecified atom stereocenters. The van der Waals surface area contributed by atoms with Gasteiger partial charge in [-0.25, -0.2) is 34.4 Å². The van der Waals surface area contributed by atoms with Gasteiger partial charge in [-0.2, -0.15) is 26.3 Å². The molecular weight excluding hydrogens is 927 g/mol. The van der Waals surface area contributed by atoms with Gasteiger partial charge >= 0.3 is 24.3 Å². The predicted octanol–water partition coefficient (Wildman–Crippen LogP) is 7.39. The lowest BCUT2D eigenvalue weighted by Crippen LogP contribution is -2.39. The van der Waals surface area contributed by atoms with Crippen molar-refractivity contribution in [3.63, 3.8) is 0 Å². The van der Waals surface area contributed by atoms with Gasteiger partial charge in [0.05, 0.1) is 25.3 Å². The average molecular weight is 971 g/mol. The summed E-state index contributed by atoms with van der Waals surface area (Å²) in [6.45, 7) is 6.42. The third-order valence-corrected chi connectivity index (χ3v) is 13.3. The Balaban J connectivity index is 0.000000228. The number of aromatic nitrogens is 2. The second-order valence-corrected chi connectivity index (χ2v) is 18.1. The van der Waals surface area contributed by atoms with E-state index >= 15 is 0 Å². The second-order valence-electron chi connectivity index (χ2n) is 14.5. The zero-order valence-electron chi connectivity index (χ0n) is 35.5. The molecule has 1 fully saturated rings. The number of carboxylic acids is 2. The molecule has 0 atom stereocenters. The van der Waals surface area contributed by atoms with Crippen LogP contribution in [0.3, 0.4) is 0 Å². The first-order valence-corrected chi connectivity index (χ1v) is 22.2. The van der Waals surface area contributed by atoms with Gasteiger partial charge in [0.2, 0.25) is 0 Å². The highest BCUT2D eigenvalue weighted by molar-refractivity contribution is 7.90. The molecule has 2 aromatic heterocycles. The Bertz CT molecular complexity index is 2900. The summed E-state index contributed by atoms with van der Waals surface area (Å²) >= 11 is 0. The Morgan fingerprint density at radius 2 is 1.11 bits per heavy atom. The Morgan fingerprint density at radius 3 is 1.52 bits per heavy atom. The zero-order valence-corrected chi connectivity index (χ0v) is 37.1. The van der Waals surface area contributed by atoms with Gasteiger partial charge in [0.15, 0.2) is 6.29 Å². The van der Waals surface area contributed by atoms with Crippen molar-refractivity contribution < 1.29 is 77.2 Å². The van der Waals surface area contributed by atoms with E-state index in [2.05, 4.69) is 11.0 Å². The molecule has 0 aliphatic carbocycles. The smallest absolute Gasteiger partial charge is 0.490 e. The molecule has 1 saturated heterocycles. The van der Waals surface area contributed by atoms with E-state index in [0.29, 0.717) is 34.0 Å². The van der Waals surface area contributed by atoms with Gasteiger partial charge in [0, 0.05) is 41.3 Å². The molecule has 0 amide bonds. The number of carbonyl (C=O) groups excluding carboxylic acids is 1. The van der Waals surface area contributed by atoms with Crippen LogP contribution in [0, 0.1) is 13.8 Å². The van der Waals surface area contributed by atoms with Gasteiger partial charge in [-0.15, -0.1) is 0 Å². The van der Waals surface area contributed by atoms with Crippen LogP contribution in [0.1, 0.15) is 39.9 Å². The number of fused-ring (bicyclic) bond motifs is 2. The number of aryl methyl sites for hydroxylation is 2. The Morgan fingerprint density at radius 1 is 0.697 bits per heavy atom. The third kappa shape index (κ3) is 12.5. The largest absolute Gasteiger partial charge is 0.495 e. The first-order valence-electron chi connectivity index (χ1n) is 19.3. The van der Waals surface area contributed by atoms with Crippen molar-refractivity contribution in [3.8, 4) is 11.5 Å². The predicted molar refractivity (Wildman–Crippen MR) is 230 cm³/mol. The Labute approximate surface area is 374 Å². The maximum absolute atomic E-state index is 13.4. The van der Waals surface area contributed by atoms with Gasteiger partial charge in [-0.3, -0.25) is 9.69 Å². The van der Waals surface area contributed by atoms with Crippen LogP contribution in [-0.2, 0) is 36.2 Å². The van der Waals surface area contributed by atoms with Gasteiger partial charge in [0.25, 0.3) is 20.0 Å². The molecule has 6 aromatic rings. The minimum atomic E-state index is -5.08. The van der Waals surface area contributed by atoms with Crippen molar-refractivity contribution in [2.75, 3.05) is 27.3 Å². The molecule has 23 heteroatoms. The molecule has 7 rings (SSSR count). The van der Waals surface area contributed by atoms with Crippen LogP contribution >= 0.6 is 0 Å². The molecule has 0 radical (unpaired) electrons. The van der Waals surface area contributed by atoms with E-state index in [1.807, 2.05) is 38.1 Å². The standard InChI is InChI=1S/C22H27N3O3S.C17H15NO4S.2C2HF3O2/c1-16-6-7-21(28-2)22(14-16)29(26,27)25-13-10-19-17(4-3-5-20(19)25)15-24-11-8-18(23)9-12-24;1-12-6-7-16(22-2)17(10-12)23(20,21)18-9-8-14-13(11-19)4-3-5-15(14)18;2*3-2(4,5)1(6)7/h3-7,10,13-14,18H,8-9,11-12,15,23H2,1-2H3;3-11H,1-2H3;2*(H,6,7). The van der Waals surface area contributed by atoms with Crippen molar-refractivity contribution in [1.29, 1.82) is 0 Å². The number of carbonyl (C=O) groups is 3. The zero-order chi connectivity index (χ0) is 49.4. The number of nitrogens with zero attached hydrogens (tertiary/aromatic N) is 3. The summed E-state index contributed by atoms with van der Waals surface area (Å²) in [4.78, 5) is 31.6. The summed E-state index contributed by atoms with van der Waals surface area (Å²) in [5, 5.41) is 15.8. The quantitative estimate of drug-likeness (QED) is 0.0952. The van der Waals surface area contributed by atoms with Gasteiger partial charge < -0.3 is 25.4 Å². The van der Waals surface area contributed by atoms with Gasteiger partial charge in [-0.1, -0.05) is 36.4 Å². The number of rotatable bonds is 9. The summed E-state index contributed by atoms with van der Waals surface area (Å²) in [7, 11) is -4.70. The molecule has 0 saturated carbocycles. The molecule has 15 nitrogen and oxygen atoms in total. The van der Waals surface area contributed by atoms with Gasteiger partial charge in [-0.05, 0) is 105 Å². The van der Waals surface area contributed by atoms with Crippen LogP contribution in [0.25, 0.3) is 21.8 Å². The Kier molecular flexibility index (Phi) is 16.8. The number of hydrogen-bond acceptors (Lipinski definition) is 11. The highest BCUT2D eigenvalue weighted by Crippen LogP contribution is 2.32. The van der Waals surface area contributed by atoms with E-state index in [9.17, 15) is 48.0 Å². The van der Waals surface area contributed by atoms with Crippen molar-refractivity contribution in [2.24, 2.45) is 5.73 Å². The maximum atomic E-state index is 13.4. The summed E-state index contributed by atoms with van der Waals surface area (Å²) in [5.74, 6) is -4.89. The number of benzene rings is 4. The topological polar surface area (TPSA) is 218 Å². The van der Waals surface area contributed by atoms with Crippen molar-refractivity contribution in [1.82, 2.24) is 12.8 Å². The molecule has 0 spiro atoms. The lowest BCUT2D eigenvalue weighted by molar-refractivity contribution is -0.193. The summed E-state index contributed by atoms with van der Waals surface area (Å²) in [5.41, 5.74) is 10.4. The number of nitrogens with two attached hydrogens (primary N) is 1. The van der Waals surface area contributed by atoms with E-state index in [1.54, 1.807) is 60.8 Å². The molecule has 66 heavy (non-hydrogen) atoms. The number of carboxylic acid groups (broad SMARTS) is 2. The molecule has 356 valence electrons. The normalized spacial score (nSPS) is 13.6. The molecule has 3 heterocycles. The van der Waals surface area contributed by atoms with E-state index in [-0.39, 0.29) is 21.6 Å². The minimum Gasteiger partial charge on any atom is -0.495 e. The Hall–Kier alpha value is -6.43. The molecule has 1 aliphatic rings. The van der Waals surface area contributed by atoms with Gasteiger partial charge in [0.1, 0.15) is 21.3 Å². The number of piperidine rings is 1. The number of aldehydes is 1. The number of alkyl halides is 6. The van der Waals surface area contributed by atoms with Crippen LogP contribution in [0.5, 0.6) is 11.5 Å². The fourth-order valence-electron chi connectivity index (χ4n) is 6.57. The van der Waals surface area contributed by atoms with E-state index in [4.69, 9.17) is 35.0 Å². The SMILES string of the molecule is COc1ccc(C)cc1S(=O)(=O)n1ccc2c(C=O)cccc21.COc1ccc(C)cc1S(=O)(=O)n1ccc2c(CN3CCC(N)CC3)cccc21.O=C(O)C(F)(F)F.O=C(O)C(F)(F)F. The maximum Gasteiger partial charge on any atom is 0.490 e. The van der Waals surface area contributed by atoms with Crippen LogP contribution in [0.4, 0.5) is 26.3 Å². The molecular formula is C43H44F6N4O11S2. The first-order chi connectivity index (χ1) is 30.8. The summed E-state index contributed by atoms with van der Waals surface area (Å²) < 4.78 is 129. The van der Waals surface area contributed by atoms with Crippen LogP contribution in [0.15, 0.2) is 107 Å². The van der Waals surface area contributed by atoms with Crippen LogP contribution < -0.4 is 15.2 Å². The molecule has 0 bridgehead atoms. The number of hydrogen-bond donors (Lipinski definition) is 3. The molecule has 4 N–H and O–H groups in total. The van der Waals surface area contributed by atoms with Crippen LogP contribution in [0.2, 0.25) is 0 Å². The summed E-state index contributed by atoms with van der Waals surface area (Å²) in [6.07, 6.45) is -4.37. The molecule has 4 aromatic carbocycles. The number of aliphatic carboxylic acids is 2.